The van der Waals surface area contributed by atoms with Crippen molar-refractivity contribution in [1.82, 2.24) is 0 Å². The van der Waals surface area contributed by atoms with Crippen LogP contribution >= 0.6 is 22.7 Å². The van der Waals surface area contributed by atoms with Gasteiger partial charge in [0.15, 0.2) is 0 Å². The number of carbonyl (C=O) groups is 1. The fourth-order valence-electron chi connectivity index (χ4n) is 1.00. The number of thiophene rings is 2. The van der Waals surface area contributed by atoms with Gasteiger partial charge in [0, 0.05) is 9.75 Å². The first-order chi connectivity index (χ1) is 6.27. The molecule has 0 fully saturated rings. The highest BCUT2D eigenvalue weighted by Crippen LogP contribution is 2.31. The minimum atomic E-state index is -0.854. The van der Waals surface area contributed by atoms with Crippen molar-refractivity contribution in [2.24, 2.45) is 0 Å². The molecule has 66 valence electrons. The van der Waals surface area contributed by atoms with E-state index in [-0.39, 0.29) is 0 Å². The van der Waals surface area contributed by atoms with E-state index in [1.807, 2.05) is 23.6 Å². The Bertz CT molecular complexity index is 415. The molecule has 2 aromatic heterocycles. The van der Waals surface area contributed by atoms with Gasteiger partial charge in [-0.2, -0.15) is 0 Å². The monoisotopic (exact) mass is 210 g/mol. The van der Waals surface area contributed by atoms with Crippen molar-refractivity contribution in [1.29, 1.82) is 0 Å². The average molecular weight is 210 g/mol. The molecule has 0 atom stereocenters. The molecule has 2 rings (SSSR count). The minimum absolute atomic E-state index is 0.392. The summed E-state index contributed by atoms with van der Waals surface area (Å²) in [5.41, 5.74) is 0. The highest BCUT2D eigenvalue weighted by atomic mass is 32.1. The number of carboxylic acid groups (broad SMARTS) is 1. The lowest BCUT2D eigenvalue weighted by Gasteiger charge is -1.87. The predicted molar refractivity (Wildman–Crippen MR) is 54.6 cm³/mol. The third-order valence-electron chi connectivity index (χ3n) is 1.58. The van der Waals surface area contributed by atoms with Gasteiger partial charge in [-0.1, -0.05) is 6.07 Å². The van der Waals surface area contributed by atoms with Crippen LogP contribution in [0.4, 0.5) is 0 Å². The Balaban J connectivity index is 2.39. The van der Waals surface area contributed by atoms with Crippen LogP contribution in [-0.4, -0.2) is 11.1 Å². The zero-order valence-electron chi connectivity index (χ0n) is 6.56. The lowest BCUT2D eigenvalue weighted by atomic mass is 10.4. The number of carboxylic acids is 1. The van der Waals surface area contributed by atoms with Gasteiger partial charge in [0.25, 0.3) is 0 Å². The minimum Gasteiger partial charge on any atom is -0.477 e. The molecule has 0 saturated heterocycles. The second-order valence-corrected chi connectivity index (χ2v) is 4.48. The normalized spacial score (nSPS) is 10.2. The number of hydrogen-bond acceptors (Lipinski definition) is 3. The maximum Gasteiger partial charge on any atom is 0.345 e. The van der Waals surface area contributed by atoms with Crippen LogP contribution < -0.4 is 0 Å². The SMILES string of the molecule is O=C(O)c1ccc(-c2cccs2)s1. The van der Waals surface area contributed by atoms with Crippen molar-refractivity contribution in [2.45, 2.75) is 0 Å². The highest BCUT2D eigenvalue weighted by Gasteiger charge is 2.08. The molecule has 0 bridgehead atoms. The molecule has 4 heteroatoms. The van der Waals surface area contributed by atoms with Gasteiger partial charge < -0.3 is 5.11 Å². The van der Waals surface area contributed by atoms with Gasteiger partial charge in [-0.05, 0) is 23.6 Å². The van der Waals surface area contributed by atoms with Crippen molar-refractivity contribution in [2.75, 3.05) is 0 Å². The lowest BCUT2D eigenvalue weighted by Crippen LogP contribution is -1.89. The molecule has 13 heavy (non-hydrogen) atoms. The molecule has 0 aliphatic heterocycles. The van der Waals surface area contributed by atoms with Crippen molar-refractivity contribution < 1.29 is 9.90 Å². The molecule has 2 nitrogen and oxygen atoms in total. The molecule has 0 unspecified atom stereocenters. The molecule has 0 radical (unpaired) electrons. The smallest absolute Gasteiger partial charge is 0.345 e. The van der Waals surface area contributed by atoms with Gasteiger partial charge in [-0.25, -0.2) is 4.79 Å². The summed E-state index contributed by atoms with van der Waals surface area (Å²) in [6, 6.07) is 7.43. The zero-order chi connectivity index (χ0) is 9.26. The van der Waals surface area contributed by atoms with Crippen molar-refractivity contribution in [3.63, 3.8) is 0 Å². The molecule has 1 N–H and O–H groups in total. The summed E-state index contributed by atoms with van der Waals surface area (Å²) in [5, 5.41) is 10.7. The Morgan fingerprint density at radius 3 is 2.62 bits per heavy atom. The molecule has 0 spiro atoms. The van der Waals surface area contributed by atoms with Crippen molar-refractivity contribution in [3.05, 3.63) is 34.5 Å². The van der Waals surface area contributed by atoms with Gasteiger partial charge in [-0.3, -0.25) is 0 Å². The van der Waals surface area contributed by atoms with Crippen molar-refractivity contribution in [3.8, 4) is 9.75 Å². The van der Waals surface area contributed by atoms with E-state index in [1.165, 1.54) is 11.3 Å². The average Bonchev–Trinajstić information content (AvgIpc) is 2.75. The number of aromatic carboxylic acids is 1. The molecular formula is C9H6O2S2. The van der Waals surface area contributed by atoms with E-state index in [2.05, 4.69) is 0 Å². The van der Waals surface area contributed by atoms with Crippen LogP contribution in [-0.2, 0) is 0 Å². The maximum absolute atomic E-state index is 10.6. The van der Waals surface area contributed by atoms with Gasteiger partial charge in [0.05, 0.1) is 0 Å². The van der Waals surface area contributed by atoms with E-state index in [9.17, 15) is 4.79 Å². The second kappa shape index (κ2) is 3.32. The van der Waals surface area contributed by atoms with Gasteiger partial charge >= 0.3 is 5.97 Å². The summed E-state index contributed by atoms with van der Waals surface area (Å²) in [6.45, 7) is 0. The van der Waals surface area contributed by atoms with E-state index >= 15 is 0 Å². The fourth-order valence-corrected chi connectivity index (χ4v) is 2.68. The quantitative estimate of drug-likeness (QED) is 0.826. The Kier molecular flexibility index (Phi) is 2.16. The molecule has 0 saturated carbocycles. The van der Waals surface area contributed by atoms with E-state index < -0.39 is 5.97 Å². The summed E-state index contributed by atoms with van der Waals surface area (Å²) in [4.78, 5) is 13.1. The topological polar surface area (TPSA) is 37.3 Å². The standard InChI is InChI=1S/C9H6O2S2/c10-9(11)8-4-3-7(13-8)6-2-1-5-12-6/h1-5H,(H,10,11). The molecule has 2 aromatic rings. The van der Waals surface area contributed by atoms with Crippen LogP contribution in [0.3, 0.4) is 0 Å². The van der Waals surface area contributed by atoms with Gasteiger partial charge in [0.2, 0.25) is 0 Å². The van der Waals surface area contributed by atoms with Crippen LogP contribution in [0.5, 0.6) is 0 Å². The molecule has 0 aliphatic carbocycles. The number of rotatable bonds is 2. The zero-order valence-corrected chi connectivity index (χ0v) is 8.19. The molecule has 0 amide bonds. The summed E-state index contributed by atoms with van der Waals surface area (Å²) < 4.78 is 0. The Morgan fingerprint density at radius 1 is 1.23 bits per heavy atom. The second-order valence-electron chi connectivity index (χ2n) is 2.45. The van der Waals surface area contributed by atoms with Crippen LogP contribution in [0.25, 0.3) is 9.75 Å². The van der Waals surface area contributed by atoms with E-state index in [1.54, 1.807) is 17.4 Å². The maximum atomic E-state index is 10.6. The van der Waals surface area contributed by atoms with Gasteiger partial charge in [0.1, 0.15) is 4.88 Å². The van der Waals surface area contributed by atoms with E-state index in [0.717, 1.165) is 9.75 Å². The Labute approximate surface area is 83.1 Å². The molecule has 2 heterocycles. The largest absolute Gasteiger partial charge is 0.477 e. The predicted octanol–water partition coefficient (Wildman–Crippen LogP) is 3.17. The van der Waals surface area contributed by atoms with Crippen LogP contribution in [0.1, 0.15) is 9.67 Å². The van der Waals surface area contributed by atoms with Crippen LogP contribution in [0.15, 0.2) is 29.6 Å². The lowest BCUT2D eigenvalue weighted by molar-refractivity contribution is 0.0702. The van der Waals surface area contributed by atoms with Crippen molar-refractivity contribution >= 4 is 28.6 Å². The molecule has 0 aromatic carbocycles. The number of hydrogen-bond donors (Lipinski definition) is 1. The molecule has 0 aliphatic rings. The summed E-state index contributed by atoms with van der Waals surface area (Å²) in [7, 11) is 0. The van der Waals surface area contributed by atoms with E-state index in [0.29, 0.717) is 4.88 Å². The third kappa shape index (κ3) is 1.64. The first-order valence-corrected chi connectivity index (χ1v) is 5.34. The van der Waals surface area contributed by atoms with E-state index in [4.69, 9.17) is 5.11 Å². The summed E-state index contributed by atoms with van der Waals surface area (Å²) in [5.74, 6) is -0.854. The summed E-state index contributed by atoms with van der Waals surface area (Å²) >= 11 is 2.93. The van der Waals surface area contributed by atoms with Crippen LogP contribution in [0, 0.1) is 0 Å². The summed E-state index contributed by atoms with van der Waals surface area (Å²) in [6.07, 6.45) is 0. The third-order valence-corrected chi connectivity index (χ3v) is 3.72. The highest BCUT2D eigenvalue weighted by molar-refractivity contribution is 7.22. The first kappa shape index (κ1) is 8.47. The molecular weight excluding hydrogens is 204 g/mol. The Hall–Kier alpha value is -1.13. The van der Waals surface area contributed by atoms with Gasteiger partial charge in [-0.15, -0.1) is 22.7 Å². The Morgan fingerprint density at radius 2 is 2.08 bits per heavy atom. The van der Waals surface area contributed by atoms with Crippen LogP contribution in [0.2, 0.25) is 0 Å². The fraction of sp³-hybridized carbons (Fsp3) is 0. The first-order valence-electron chi connectivity index (χ1n) is 3.64.